The third-order valence-electron chi connectivity index (χ3n) is 2.66. The van der Waals surface area contributed by atoms with Gasteiger partial charge in [-0.05, 0) is 35.7 Å². The lowest BCUT2D eigenvalue weighted by molar-refractivity contribution is 0.414. The Morgan fingerprint density at radius 3 is 2.25 bits per heavy atom. The fourth-order valence-electron chi connectivity index (χ4n) is 1.75. The second-order valence-corrected chi connectivity index (χ2v) is 3.80. The summed E-state index contributed by atoms with van der Waals surface area (Å²) in [5, 5.41) is 0. The normalized spacial score (nSPS) is 10.1. The van der Waals surface area contributed by atoms with Gasteiger partial charge in [0.15, 0.2) is 0 Å². The zero-order valence-corrected chi connectivity index (χ0v) is 9.53. The summed E-state index contributed by atoms with van der Waals surface area (Å²) in [6.45, 7) is 2.08. The van der Waals surface area contributed by atoms with Gasteiger partial charge in [0, 0.05) is 0 Å². The molecule has 0 saturated carbocycles. The highest BCUT2D eigenvalue weighted by molar-refractivity contribution is 6.32. The van der Waals surface area contributed by atoms with Crippen LogP contribution in [0.25, 0.3) is 11.1 Å². The van der Waals surface area contributed by atoms with Gasteiger partial charge in [0.2, 0.25) is 0 Å². The van der Waals surface area contributed by atoms with Crippen LogP contribution in [0.2, 0.25) is 0 Å². The fourth-order valence-corrected chi connectivity index (χ4v) is 1.75. The molecule has 0 aliphatic carbocycles. The summed E-state index contributed by atoms with van der Waals surface area (Å²) in [6, 6.07) is 14.0. The molecule has 0 N–H and O–H groups in total. The van der Waals surface area contributed by atoms with Crippen LogP contribution < -0.4 is 10.2 Å². The number of hydrogen-bond donors (Lipinski definition) is 0. The van der Waals surface area contributed by atoms with E-state index >= 15 is 0 Å². The van der Waals surface area contributed by atoms with Crippen LogP contribution in [0.4, 0.5) is 0 Å². The maximum absolute atomic E-state index is 5.67. The summed E-state index contributed by atoms with van der Waals surface area (Å²) in [7, 11) is 7.35. The number of ether oxygens (including phenoxy) is 1. The smallest absolute Gasteiger partial charge is 0.119 e. The summed E-state index contributed by atoms with van der Waals surface area (Å²) >= 11 is 0. The molecular formula is C14H13BO. The third kappa shape index (κ3) is 2.11. The Bertz CT molecular complexity index is 489. The number of rotatable bonds is 2. The van der Waals surface area contributed by atoms with Gasteiger partial charge in [-0.3, -0.25) is 0 Å². The number of methoxy groups -OCH3 is 1. The number of benzene rings is 2. The average molecular weight is 208 g/mol. The standard InChI is InChI=1S/C14H13BO/c1-10-9-13(16-2)7-8-14(10)11-3-5-12(15)6-4-11/h3-9H,1-2H3. The molecule has 0 atom stereocenters. The van der Waals surface area contributed by atoms with Gasteiger partial charge in [0.25, 0.3) is 0 Å². The highest BCUT2D eigenvalue weighted by atomic mass is 16.5. The van der Waals surface area contributed by atoms with Crippen molar-refractivity contribution in [1.29, 1.82) is 0 Å². The van der Waals surface area contributed by atoms with Crippen molar-refractivity contribution < 1.29 is 4.74 Å². The van der Waals surface area contributed by atoms with Crippen molar-refractivity contribution in [3.05, 3.63) is 48.0 Å². The van der Waals surface area contributed by atoms with Crippen molar-refractivity contribution in [1.82, 2.24) is 0 Å². The largest absolute Gasteiger partial charge is 0.497 e. The monoisotopic (exact) mass is 208 g/mol. The molecule has 78 valence electrons. The van der Waals surface area contributed by atoms with E-state index in [0.717, 1.165) is 11.2 Å². The van der Waals surface area contributed by atoms with Crippen LogP contribution in [0, 0.1) is 6.92 Å². The lowest BCUT2D eigenvalue weighted by Gasteiger charge is -2.08. The predicted octanol–water partition coefficient (Wildman–Crippen LogP) is 2.46. The topological polar surface area (TPSA) is 9.23 Å². The van der Waals surface area contributed by atoms with Gasteiger partial charge in [-0.15, -0.1) is 0 Å². The van der Waals surface area contributed by atoms with Gasteiger partial charge in [-0.25, -0.2) is 0 Å². The Kier molecular flexibility index (Phi) is 3.00. The van der Waals surface area contributed by atoms with E-state index in [4.69, 9.17) is 12.6 Å². The second-order valence-electron chi connectivity index (χ2n) is 3.80. The first-order valence-corrected chi connectivity index (χ1v) is 5.21. The molecular weight excluding hydrogens is 195 g/mol. The van der Waals surface area contributed by atoms with E-state index in [1.807, 2.05) is 36.4 Å². The van der Waals surface area contributed by atoms with E-state index in [2.05, 4.69) is 13.0 Å². The molecule has 2 heteroatoms. The molecule has 0 saturated heterocycles. The minimum Gasteiger partial charge on any atom is -0.497 e. The molecule has 2 aromatic rings. The molecule has 2 radical (unpaired) electrons. The molecule has 0 unspecified atom stereocenters. The SMILES string of the molecule is [B]c1ccc(-c2ccc(OC)cc2C)cc1. The van der Waals surface area contributed by atoms with Crippen LogP contribution in [-0.4, -0.2) is 15.0 Å². The summed E-state index contributed by atoms with van der Waals surface area (Å²) in [6.07, 6.45) is 0. The molecule has 0 spiro atoms. The van der Waals surface area contributed by atoms with E-state index in [1.165, 1.54) is 16.7 Å². The highest BCUT2D eigenvalue weighted by Gasteiger charge is 2.02. The lowest BCUT2D eigenvalue weighted by atomic mass is 9.92. The van der Waals surface area contributed by atoms with Crippen molar-refractivity contribution in [2.75, 3.05) is 7.11 Å². The highest BCUT2D eigenvalue weighted by Crippen LogP contribution is 2.26. The Hall–Kier alpha value is -1.70. The first kappa shape index (κ1) is 10.8. The lowest BCUT2D eigenvalue weighted by Crippen LogP contribution is -1.99. The summed E-state index contributed by atoms with van der Waals surface area (Å²) in [5.74, 6) is 0.886. The predicted molar refractivity (Wildman–Crippen MR) is 68.6 cm³/mol. The van der Waals surface area contributed by atoms with Crippen LogP contribution in [0.15, 0.2) is 42.5 Å². The van der Waals surface area contributed by atoms with Crippen molar-refractivity contribution in [2.45, 2.75) is 6.92 Å². The van der Waals surface area contributed by atoms with Crippen LogP contribution in [0.1, 0.15) is 5.56 Å². The van der Waals surface area contributed by atoms with Gasteiger partial charge < -0.3 is 4.74 Å². The summed E-state index contributed by atoms with van der Waals surface area (Å²) in [4.78, 5) is 0. The second kappa shape index (κ2) is 4.44. The molecule has 0 aliphatic rings. The Labute approximate surface area is 97.5 Å². The fraction of sp³-hybridized carbons (Fsp3) is 0.143. The Morgan fingerprint density at radius 1 is 1.00 bits per heavy atom. The maximum Gasteiger partial charge on any atom is 0.119 e. The molecule has 0 fully saturated rings. The van der Waals surface area contributed by atoms with Crippen molar-refractivity contribution in [3.8, 4) is 16.9 Å². The van der Waals surface area contributed by atoms with Gasteiger partial charge >= 0.3 is 0 Å². The molecule has 2 aromatic carbocycles. The quantitative estimate of drug-likeness (QED) is 0.689. The first-order chi connectivity index (χ1) is 7.70. The maximum atomic E-state index is 5.67. The Morgan fingerprint density at radius 2 is 1.69 bits per heavy atom. The minimum absolute atomic E-state index is 0.787. The average Bonchev–Trinajstić information content (AvgIpc) is 2.30. The van der Waals surface area contributed by atoms with Crippen molar-refractivity contribution in [3.63, 3.8) is 0 Å². The van der Waals surface area contributed by atoms with Gasteiger partial charge in [-0.1, -0.05) is 35.8 Å². The Balaban J connectivity index is 2.44. The van der Waals surface area contributed by atoms with Gasteiger partial charge in [0.05, 0.1) is 7.11 Å². The molecule has 0 bridgehead atoms. The summed E-state index contributed by atoms with van der Waals surface area (Å²) < 4.78 is 5.18. The first-order valence-electron chi connectivity index (χ1n) is 5.21. The zero-order chi connectivity index (χ0) is 11.5. The third-order valence-corrected chi connectivity index (χ3v) is 2.66. The number of aryl methyl sites for hydroxylation is 1. The molecule has 0 aliphatic heterocycles. The van der Waals surface area contributed by atoms with Crippen molar-refractivity contribution in [2.24, 2.45) is 0 Å². The van der Waals surface area contributed by atoms with E-state index in [9.17, 15) is 0 Å². The van der Waals surface area contributed by atoms with Crippen molar-refractivity contribution >= 4 is 13.3 Å². The van der Waals surface area contributed by atoms with E-state index < -0.39 is 0 Å². The molecule has 16 heavy (non-hydrogen) atoms. The van der Waals surface area contributed by atoms with E-state index in [1.54, 1.807) is 7.11 Å². The molecule has 2 rings (SSSR count). The molecule has 1 nitrogen and oxygen atoms in total. The summed E-state index contributed by atoms with van der Waals surface area (Å²) in [5.41, 5.74) is 4.37. The van der Waals surface area contributed by atoms with Crippen LogP contribution in [-0.2, 0) is 0 Å². The zero-order valence-electron chi connectivity index (χ0n) is 9.53. The molecule has 0 amide bonds. The van der Waals surface area contributed by atoms with E-state index in [0.29, 0.717) is 0 Å². The van der Waals surface area contributed by atoms with Gasteiger partial charge in [-0.2, -0.15) is 0 Å². The van der Waals surface area contributed by atoms with Crippen LogP contribution in [0.3, 0.4) is 0 Å². The van der Waals surface area contributed by atoms with Crippen LogP contribution in [0.5, 0.6) is 5.75 Å². The minimum atomic E-state index is 0.787. The van der Waals surface area contributed by atoms with E-state index in [-0.39, 0.29) is 0 Å². The molecule has 0 heterocycles. The molecule has 0 aromatic heterocycles. The number of hydrogen-bond acceptors (Lipinski definition) is 1. The van der Waals surface area contributed by atoms with Crippen LogP contribution >= 0.6 is 0 Å². The van der Waals surface area contributed by atoms with Gasteiger partial charge in [0.1, 0.15) is 13.6 Å².